The molecule has 0 atom stereocenters. The summed E-state index contributed by atoms with van der Waals surface area (Å²) in [4.78, 5) is 29.7. The van der Waals surface area contributed by atoms with Crippen LogP contribution in [-0.2, 0) is 4.79 Å². The van der Waals surface area contributed by atoms with Gasteiger partial charge in [-0.25, -0.2) is 0 Å². The van der Waals surface area contributed by atoms with Crippen molar-refractivity contribution in [2.75, 3.05) is 13.1 Å². The lowest BCUT2D eigenvalue weighted by molar-refractivity contribution is -0.122. The van der Waals surface area contributed by atoms with Gasteiger partial charge in [-0.05, 0) is 36.8 Å². The number of nitrogens with zero attached hydrogens (tertiary/aromatic N) is 2. The minimum Gasteiger partial charge on any atom is -0.457 e. The second-order valence-electron chi connectivity index (χ2n) is 6.09. The van der Waals surface area contributed by atoms with Crippen molar-refractivity contribution >= 4 is 11.8 Å². The van der Waals surface area contributed by atoms with Crippen molar-refractivity contribution in [2.45, 2.75) is 26.3 Å². The number of hydrogen-bond donors (Lipinski definition) is 1. The molecular formula is C19H21N3O3. The lowest BCUT2D eigenvalue weighted by atomic mass is 10.0. The van der Waals surface area contributed by atoms with Crippen LogP contribution >= 0.6 is 0 Å². The van der Waals surface area contributed by atoms with E-state index in [1.54, 1.807) is 41.6 Å². The Bertz CT molecular complexity index is 771. The Morgan fingerprint density at radius 2 is 1.96 bits per heavy atom. The Morgan fingerprint density at radius 1 is 1.24 bits per heavy atom. The number of benzene rings is 1. The van der Waals surface area contributed by atoms with E-state index in [1.807, 2.05) is 19.9 Å². The Labute approximate surface area is 146 Å². The first-order valence-electron chi connectivity index (χ1n) is 8.34. The van der Waals surface area contributed by atoms with Gasteiger partial charge < -0.3 is 15.0 Å². The molecule has 130 valence electrons. The molecule has 0 aliphatic carbocycles. The quantitative estimate of drug-likeness (QED) is 0.909. The first kappa shape index (κ1) is 17.0. The van der Waals surface area contributed by atoms with Crippen molar-refractivity contribution in [1.82, 2.24) is 15.2 Å². The van der Waals surface area contributed by atoms with E-state index in [1.165, 1.54) is 0 Å². The zero-order chi connectivity index (χ0) is 17.8. The number of aromatic nitrogens is 1. The lowest BCUT2D eigenvalue weighted by Crippen LogP contribution is -2.60. The van der Waals surface area contributed by atoms with Gasteiger partial charge in [0.05, 0.1) is 6.04 Å². The summed E-state index contributed by atoms with van der Waals surface area (Å²) in [5.74, 6) is 1.28. The number of carbonyl (C=O) groups is 2. The Balaban J connectivity index is 1.66. The van der Waals surface area contributed by atoms with E-state index in [-0.39, 0.29) is 17.9 Å². The third kappa shape index (κ3) is 3.96. The van der Waals surface area contributed by atoms with Crippen LogP contribution in [0.4, 0.5) is 0 Å². The number of carbonyl (C=O) groups excluding carboxylic acids is 2. The molecule has 2 aromatic rings. The number of rotatable bonds is 5. The summed E-state index contributed by atoms with van der Waals surface area (Å²) in [6.45, 7) is 4.83. The van der Waals surface area contributed by atoms with E-state index < -0.39 is 0 Å². The Kier molecular flexibility index (Phi) is 4.97. The van der Waals surface area contributed by atoms with Gasteiger partial charge in [0.15, 0.2) is 0 Å². The van der Waals surface area contributed by atoms with Gasteiger partial charge in [0, 0.05) is 37.5 Å². The maximum Gasteiger partial charge on any atom is 0.254 e. The molecule has 0 spiro atoms. The normalized spacial score (nSPS) is 13.9. The van der Waals surface area contributed by atoms with Gasteiger partial charge >= 0.3 is 0 Å². The molecule has 1 N–H and O–H groups in total. The molecule has 0 unspecified atom stereocenters. The molecule has 6 nitrogen and oxygen atoms in total. The summed E-state index contributed by atoms with van der Waals surface area (Å²) in [6.07, 6.45) is 3.77. The maximum atomic E-state index is 12.6. The van der Waals surface area contributed by atoms with Crippen molar-refractivity contribution in [3.8, 4) is 11.5 Å². The van der Waals surface area contributed by atoms with E-state index in [9.17, 15) is 9.59 Å². The summed E-state index contributed by atoms with van der Waals surface area (Å²) in [5, 5.41) is 2.89. The van der Waals surface area contributed by atoms with E-state index >= 15 is 0 Å². The van der Waals surface area contributed by atoms with Gasteiger partial charge in [-0.2, -0.15) is 0 Å². The van der Waals surface area contributed by atoms with Crippen molar-refractivity contribution < 1.29 is 14.3 Å². The van der Waals surface area contributed by atoms with E-state index in [0.717, 1.165) is 5.56 Å². The van der Waals surface area contributed by atoms with Crippen LogP contribution in [0.15, 0.2) is 42.7 Å². The van der Waals surface area contributed by atoms with Gasteiger partial charge in [-0.3, -0.25) is 14.6 Å². The van der Waals surface area contributed by atoms with Gasteiger partial charge in [-0.1, -0.05) is 13.0 Å². The topological polar surface area (TPSA) is 71.5 Å². The highest BCUT2D eigenvalue weighted by molar-refractivity contribution is 5.95. The second kappa shape index (κ2) is 7.34. The second-order valence-corrected chi connectivity index (χ2v) is 6.09. The van der Waals surface area contributed by atoms with Crippen LogP contribution in [0, 0.1) is 6.92 Å². The van der Waals surface area contributed by atoms with Gasteiger partial charge in [0.1, 0.15) is 11.5 Å². The fourth-order valence-corrected chi connectivity index (χ4v) is 2.62. The smallest absolute Gasteiger partial charge is 0.254 e. The lowest BCUT2D eigenvalue weighted by Gasteiger charge is -2.39. The first-order chi connectivity index (χ1) is 12.1. The minimum atomic E-state index is -0.0541. The average Bonchev–Trinajstić information content (AvgIpc) is 2.59. The fraction of sp³-hybridized carbons (Fsp3) is 0.316. The third-order valence-corrected chi connectivity index (χ3v) is 4.17. The van der Waals surface area contributed by atoms with Crippen LogP contribution in [-0.4, -0.2) is 40.8 Å². The third-order valence-electron chi connectivity index (χ3n) is 4.17. The van der Waals surface area contributed by atoms with Crippen molar-refractivity contribution in [2.24, 2.45) is 0 Å². The van der Waals surface area contributed by atoms with Crippen molar-refractivity contribution in [1.29, 1.82) is 0 Å². The maximum absolute atomic E-state index is 12.6. The van der Waals surface area contributed by atoms with E-state index in [0.29, 0.717) is 36.6 Å². The monoisotopic (exact) mass is 339 g/mol. The molecule has 6 heteroatoms. The van der Waals surface area contributed by atoms with Gasteiger partial charge in [0.25, 0.3) is 5.91 Å². The molecule has 1 aromatic carbocycles. The van der Waals surface area contributed by atoms with Crippen molar-refractivity contribution in [3.63, 3.8) is 0 Å². The number of ether oxygens (including phenoxy) is 1. The van der Waals surface area contributed by atoms with Crippen LogP contribution in [0.25, 0.3) is 0 Å². The predicted octanol–water partition coefficient (Wildman–Crippen LogP) is 2.53. The highest BCUT2D eigenvalue weighted by atomic mass is 16.5. The molecule has 1 fully saturated rings. The summed E-state index contributed by atoms with van der Waals surface area (Å²) >= 11 is 0. The first-order valence-corrected chi connectivity index (χ1v) is 8.34. The molecule has 3 rings (SSSR count). The fourth-order valence-electron chi connectivity index (χ4n) is 2.62. The molecule has 25 heavy (non-hydrogen) atoms. The summed E-state index contributed by atoms with van der Waals surface area (Å²) in [5.41, 5.74) is 1.53. The zero-order valence-corrected chi connectivity index (χ0v) is 14.4. The molecular weight excluding hydrogens is 318 g/mol. The highest BCUT2D eigenvalue weighted by Gasteiger charge is 2.32. The number of pyridine rings is 1. The van der Waals surface area contributed by atoms with Crippen molar-refractivity contribution in [3.05, 3.63) is 53.9 Å². The molecule has 1 aliphatic heterocycles. The number of aryl methyl sites for hydroxylation is 1. The Morgan fingerprint density at radius 3 is 2.64 bits per heavy atom. The number of hydrogen-bond acceptors (Lipinski definition) is 4. The summed E-state index contributed by atoms with van der Waals surface area (Å²) in [7, 11) is 0. The summed E-state index contributed by atoms with van der Waals surface area (Å²) in [6, 6.07) is 9.02. The summed E-state index contributed by atoms with van der Waals surface area (Å²) < 4.78 is 5.85. The average molecular weight is 339 g/mol. The molecule has 1 aliphatic rings. The van der Waals surface area contributed by atoms with Crippen LogP contribution in [0.1, 0.15) is 29.3 Å². The molecule has 1 saturated heterocycles. The predicted molar refractivity (Wildman–Crippen MR) is 93.6 cm³/mol. The van der Waals surface area contributed by atoms with Crippen LogP contribution < -0.4 is 10.1 Å². The largest absolute Gasteiger partial charge is 0.457 e. The van der Waals surface area contributed by atoms with Crippen LogP contribution in [0.2, 0.25) is 0 Å². The minimum absolute atomic E-state index is 0.0143. The molecule has 0 radical (unpaired) electrons. The number of likely N-dealkylation sites (tertiary alicyclic amines) is 1. The van der Waals surface area contributed by atoms with Gasteiger partial charge in [-0.15, -0.1) is 0 Å². The van der Waals surface area contributed by atoms with E-state index in [4.69, 9.17) is 4.74 Å². The molecule has 2 heterocycles. The number of nitrogens with one attached hydrogen (secondary N) is 1. The zero-order valence-electron chi connectivity index (χ0n) is 14.4. The molecule has 0 saturated carbocycles. The SMILES string of the molecule is CCC(=O)NC1CN(C(=O)c2ccc(C)c(Oc3ccncc3)c2)C1. The standard InChI is InChI=1S/C19H21N3O3/c1-3-18(23)21-15-11-22(12-15)19(24)14-5-4-13(2)17(10-14)25-16-6-8-20-9-7-16/h4-10,15H,3,11-12H2,1-2H3,(H,21,23). The molecule has 0 bridgehead atoms. The van der Waals surface area contributed by atoms with Gasteiger partial charge in [0.2, 0.25) is 5.91 Å². The highest BCUT2D eigenvalue weighted by Crippen LogP contribution is 2.26. The molecule has 1 aromatic heterocycles. The Hall–Kier alpha value is -2.89. The van der Waals surface area contributed by atoms with Crippen LogP contribution in [0.5, 0.6) is 11.5 Å². The number of amides is 2. The van der Waals surface area contributed by atoms with E-state index in [2.05, 4.69) is 10.3 Å². The van der Waals surface area contributed by atoms with Crippen LogP contribution in [0.3, 0.4) is 0 Å². The molecule has 2 amide bonds.